The molecular weight excluding hydrogens is 329 g/mol. The molecule has 8 heteroatoms. The minimum absolute atomic E-state index is 0.0228. The van der Waals surface area contributed by atoms with Crippen molar-refractivity contribution in [1.82, 2.24) is 5.32 Å². The van der Waals surface area contributed by atoms with Crippen molar-refractivity contribution in [3.63, 3.8) is 0 Å². The average Bonchev–Trinajstić information content (AvgIpc) is 2.37. The van der Waals surface area contributed by atoms with E-state index in [0.29, 0.717) is 16.2 Å². The van der Waals surface area contributed by atoms with Gasteiger partial charge in [0.25, 0.3) is 5.91 Å². The summed E-state index contributed by atoms with van der Waals surface area (Å²) in [5, 5.41) is 2.03. The van der Waals surface area contributed by atoms with Crippen molar-refractivity contribution in [3.05, 3.63) is 40.4 Å². The Kier molecular flexibility index (Phi) is 5.56. The number of nitrogens with one attached hydrogen (secondary N) is 1. The molecule has 0 unspecified atom stereocenters. The first-order valence-corrected chi connectivity index (χ1v) is 6.49. The Morgan fingerprint density at radius 1 is 1.09 bits per heavy atom. The van der Waals surface area contributed by atoms with Gasteiger partial charge in [-0.05, 0) is 31.5 Å². The Balaban J connectivity index is 2.94. The van der Waals surface area contributed by atoms with Crippen LogP contribution in [0.2, 0.25) is 5.02 Å². The smallest absolute Gasteiger partial charge is 0.346 e. The molecule has 0 bridgehead atoms. The second kappa shape index (κ2) is 6.64. The van der Waals surface area contributed by atoms with E-state index in [0.717, 1.165) is 0 Å². The third kappa shape index (κ3) is 4.43. The largest absolute Gasteiger partial charge is 0.455 e. The highest BCUT2D eigenvalue weighted by Gasteiger charge is 2.57. The Hall–Kier alpha value is -1.63. The summed E-state index contributed by atoms with van der Waals surface area (Å²) in [5.41, 5.74) is 0.863. The van der Waals surface area contributed by atoms with Crippen LogP contribution in [0.3, 0.4) is 0 Å². The van der Waals surface area contributed by atoms with Crippen molar-refractivity contribution < 1.29 is 26.7 Å². The van der Waals surface area contributed by atoms with Crippen molar-refractivity contribution >= 4 is 23.1 Å². The molecule has 1 rings (SSSR count). The van der Waals surface area contributed by atoms with E-state index in [1.54, 1.807) is 19.2 Å². The first-order valence-electron chi connectivity index (χ1n) is 6.12. The predicted molar refractivity (Wildman–Crippen MR) is 73.7 cm³/mol. The van der Waals surface area contributed by atoms with Crippen molar-refractivity contribution in [2.45, 2.75) is 25.9 Å². The minimum Gasteiger partial charge on any atom is -0.346 e. The van der Waals surface area contributed by atoms with Crippen LogP contribution in [0.4, 0.5) is 22.0 Å². The molecule has 0 radical (unpaired) electrons. The lowest BCUT2D eigenvalue weighted by molar-refractivity contribution is -0.278. The van der Waals surface area contributed by atoms with Crippen LogP contribution in [0, 0.1) is 0 Å². The number of hydrogen-bond acceptors (Lipinski definition) is 1. The van der Waals surface area contributed by atoms with E-state index in [4.69, 9.17) is 11.6 Å². The summed E-state index contributed by atoms with van der Waals surface area (Å²) >= 11 is 5.71. The molecule has 1 aromatic carbocycles. The first-order chi connectivity index (χ1) is 9.95. The monoisotopic (exact) mass is 341 g/mol. The summed E-state index contributed by atoms with van der Waals surface area (Å²) < 4.78 is 61.9. The predicted octanol–water partition coefficient (Wildman–Crippen LogP) is 4.45. The van der Waals surface area contributed by atoms with Crippen LogP contribution in [0.1, 0.15) is 19.4 Å². The van der Waals surface area contributed by atoms with E-state index in [1.165, 1.54) is 24.3 Å². The molecule has 0 saturated carbocycles. The van der Waals surface area contributed by atoms with Crippen molar-refractivity contribution in [2.75, 3.05) is 6.54 Å². The Labute approximate surface area is 129 Å². The summed E-state index contributed by atoms with van der Waals surface area (Å²) in [6.45, 7) is 1.27. The van der Waals surface area contributed by atoms with Crippen LogP contribution in [-0.4, -0.2) is 24.6 Å². The topological polar surface area (TPSA) is 29.1 Å². The van der Waals surface area contributed by atoms with E-state index >= 15 is 0 Å². The van der Waals surface area contributed by atoms with E-state index in [1.807, 2.05) is 0 Å². The fraction of sp³-hybridized carbons (Fsp3) is 0.357. The third-order valence-corrected chi connectivity index (χ3v) is 3.00. The molecule has 2 nitrogen and oxygen atoms in total. The Morgan fingerprint density at radius 2 is 1.59 bits per heavy atom. The summed E-state index contributed by atoms with van der Waals surface area (Å²) in [6, 6.07) is 5.92. The van der Waals surface area contributed by atoms with Crippen molar-refractivity contribution in [1.29, 1.82) is 0 Å². The number of amides is 1. The molecule has 0 fully saturated rings. The van der Waals surface area contributed by atoms with Gasteiger partial charge in [-0.2, -0.15) is 22.0 Å². The number of rotatable bonds is 4. The third-order valence-electron chi connectivity index (χ3n) is 2.75. The number of carbonyl (C=O) groups excluding carboxylic acids is 1. The maximum atomic E-state index is 12.8. The zero-order valence-corrected chi connectivity index (χ0v) is 12.4. The molecule has 0 aliphatic rings. The zero-order chi connectivity index (χ0) is 17.1. The Bertz CT molecular complexity index is 574. The van der Waals surface area contributed by atoms with Gasteiger partial charge in [-0.1, -0.05) is 29.3 Å². The molecule has 0 spiro atoms. The number of benzene rings is 1. The van der Waals surface area contributed by atoms with Crippen LogP contribution in [0.15, 0.2) is 29.8 Å². The molecule has 22 heavy (non-hydrogen) atoms. The number of hydrogen-bond donors (Lipinski definition) is 1. The standard InChI is InChI=1S/C14H13ClF5NO/c1-8(2)11(9-3-5-10(15)6-4-9)12(22)21-7-13(16,17)14(18,19)20/h3-6H,7H2,1-2H3,(H,21,22). The van der Waals surface area contributed by atoms with Crippen LogP contribution in [-0.2, 0) is 4.79 Å². The van der Waals surface area contributed by atoms with Gasteiger partial charge in [-0.25, -0.2) is 0 Å². The number of alkyl halides is 5. The lowest BCUT2D eigenvalue weighted by Crippen LogP contribution is -2.47. The van der Waals surface area contributed by atoms with Gasteiger partial charge in [0.2, 0.25) is 0 Å². The van der Waals surface area contributed by atoms with Gasteiger partial charge in [0.05, 0.1) is 6.54 Å². The Morgan fingerprint density at radius 3 is 2.00 bits per heavy atom. The number of halogens is 6. The van der Waals surface area contributed by atoms with Gasteiger partial charge in [-0.3, -0.25) is 4.79 Å². The van der Waals surface area contributed by atoms with Gasteiger partial charge in [0, 0.05) is 10.6 Å². The molecule has 0 aliphatic heterocycles. The summed E-state index contributed by atoms with van der Waals surface area (Å²) in [6.07, 6.45) is -5.72. The molecule has 0 saturated heterocycles. The molecule has 0 heterocycles. The summed E-state index contributed by atoms with van der Waals surface area (Å²) in [7, 11) is 0. The summed E-state index contributed by atoms with van der Waals surface area (Å²) in [4.78, 5) is 11.9. The van der Waals surface area contributed by atoms with Crippen molar-refractivity contribution in [3.8, 4) is 0 Å². The fourth-order valence-corrected chi connectivity index (χ4v) is 1.77. The van der Waals surface area contributed by atoms with E-state index in [-0.39, 0.29) is 5.57 Å². The lowest BCUT2D eigenvalue weighted by atomic mass is 10.0. The quantitative estimate of drug-likeness (QED) is 0.636. The molecule has 1 N–H and O–H groups in total. The molecular formula is C14H13ClF5NO. The maximum absolute atomic E-state index is 12.8. The lowest BCUT2D eigenvalue weighted by Gasteiger charge is -2.20. The number of carbonyl (C=O) groups is 1. The van der Waals surface area contributed by atoms with Gasteiger partial charge >= 0.3 is 12.1 Å². The molecule has 0 aliphatic carbocycles. The highest BCUT2D eigenvalue weighted by molar-refractivity contribution is 6.30. The molecule has 0 atom stereocenters. The van der Waals surface area contributed by atoms with E-state index in [2.05, 4.69) is 0 Å². The normalized spacial score (nSPS) is 12.0. The first kappa shape index (κ1) is 18.4. The van der Waals surface area contributed by atoms with Crippen LogP contribution in [0.5, 0.6) is 0 Å². The van der Waals surface area contributed by atoms with Crippen LogP contribution in [0.25, 0.3) is 5.57 Å². The van der Waals surface area contributed by atoms with Crippen LogP contribution < -0.4 is 5.32 Å². The SMILES string of the molecule is CC(C)=C(C(=O)NCC(F)(F)C(F)(F)F)c1ccc(Cl)cc1. The zero-order valence-electron chi connectivity index (χ0n) is 11.7. The maximum Gasteiger partial charge on any atom is 0.455 e. The number of allylic oxidation sites excluding steroid dienone is 1. The highest BCUT2D eigenvalue weighted by Crippen LogP contribution is 2.34. The molecule has 1 amide bonds. The van der Waals surface area contributed by atoms with Crippen molar-refractivity contribution in [2.24, 2.45) is 0 Å². The minimum atomic E-state index is -5.72. The highest BCUT2D eigenvalue weighted by atomic mass is 35.5. The summed E-state index contributed by atoms with van der Waals surface area (Å²) in [5.74, 6) is -6.00. The van der Waals surface area contributed by atoms with Gasteiger partial charge in [0.15, 0.2) is 0 Å². The molecule has 122 valence electrons. The molecule has 0 aromatic heterocycles. The van der Waals surface area contributed by atoms with Gasteiger partial charge < -0.3 is 5.32 Å². The second-order valence-electron chi connectivity index (χ2n) is 4.77. The average molecular weight is 342 g/mol. The van der Waals surface area contributed by atoms with E-state index in [9.17, 15) is 26.7 Å². The van der Waals surface area contributed by atoms with Crippen LogP contribution >= 0.6 is 11.6 Å². The molecule has 1 aromatic rings. The second-order valence-corrected chi connectivity index (χ2v) is 5.20. The van der Waals surface area contributed by atoms with Gasteiger partial charge in [0.1, 0.15) is 0 Å². The fourth-order valence-electron chi connectivity index (χ4n) is 1.64. The van der Waals surface area contributed by atoms with E-state index < -0.39 is 24.6 Å². The van der Waals surface area contributed by atoms with Gasteiger partial charge in [-0.15, -0.1) is 0 Å².